The first-order valence-electron chi connectivity index (χ1n) is 0. The first-order chi connectivity index (χ1) is 0. The minimum absolute atomic E-state index is 0. The van der Waals surface area contributed by atoms with Crippen LogP contribution in [-0.2, 0) is 34.7 Å². The Morgan fingerprint density at radius 1 is 0.429 bits per heavy atom. The SMILES string of the molecule is [Br-].[Br-].[Br-].[Cr+2].[Cr+2].[F-].[F-]. The summed E-state index contributed by atoms with van der Waals surface area (Å²) in [6.07, 6.45) is 0. The predicted octanol–water partition coefficient (Wildman–Crippen LogP) is -15.0. The maximum atomic E-state index is 0. The van der Waals surface area contributed by atoms with Gasteiger partial charge in [0.1, 0.15) is 0 Å². The quantitative estimate of drug-likeness (QED) is 0.391. The van der Waals surface area contributed by atoms with Crippen molar-refractivity contribution in [2.24, 2.45) is 0 Å². The molecule has 0 nitrogen and oxygen atoms in total. The van der Waals surface area contributed by atoms with Crippen LogP contribution in [0.15, 0.2) is 0 Å². The van der Waals surface area contributed by atoms with Crippen molar-refractivity contribution in [1.82, 2.24) is 0 Å². The summed E-state index contributed by atoms with van der Waals surface area (Å²) < 4.78 is 0. The summed E-state index contributed by atoms with van der Waals surface area (Å²) >= 11 is 0. The van der Waals surface area contributed by atoms with Crippen molar-refractivity contribution >= 4 is 0 Å². The molecule has 0 aliphatic rings. The van der Waals surface area contributed by atoms with Crippen LogP contribution < -0.4 is 60.4 Å². The zero-order valence-corrected chi connectivity index (χ0v) is 10.0. The molecule has 0 saturated heterocycles. The Kier molecular flexibility index (Phi) is 1360. The molecule has 0 atom stereocenters. The standard InChI is InChI=1S/3BrH.2Cr.2FH/h3*1H;;;2*1H/q;;;2*+2;;/p-5. The number of hydrogen-bond donors (Lipinski definition) is 0. The number of halogens is 5. The molecule has 0 aromatic heterocycles. The third kappa shape index (κ3) is 60.6. The van der Waals surface area contributed by atoms with Crippen LogP contribution in [0.3, 0.4) is 0 Å². The van der Waals surface area contributed by atoms with Gasteiger partial charge in [-0.15, -0.1) is 0 Å². The normalized spacial score (nSPS) is 0. The average Bonchev–Trinajstić information content (AvgIpc) is 0. The van der Waals surface area contributed by atoms with Crippen LogP contribution in [0.25, 0.3) is 0 Å². The molecule has 0 N–H and O–H groups in total. The summed E-state index contributed by atoms with van der Waals surface area (Å²) in [6, 6.07) is 0. The van der Waals surface area contributed by atoms with Crippen LogP contribution in [0.4, 0.5) is 0 Å². The molecule has 0 saturated carbocycles. The van der Waals surface area contributed by atoms with E-state index in [0.717, 1.165) is 0 Å². The van der Waals surface area contributed by atoms with Crippen LogP contribution in [-0.4, -0.2) is 0 Å². The molecule has 0 rings (SSSR count). The third-order valence-corrected chi connectivity index (χ3v) is 0. The van der Waals surface area contributed by atoms with Gasteiger partial charge in [0.25, 0.3) is 0 Å². The van der Waals surface area contributed by atoms with Crippen molar-refractivity contribution in [3.63, 3.8) is 0 Å². The van der Waals surface area contributed by atoms with E-state index in [-0.39, 0.29) is 95.1 Å². The van der Waals surface area contributed by atoms with Crippen molar-refractivity contribution in [2.45, 2.75) is 0 Å². The van der Waals surface area contributed by atoms with Crippen LogP contribution in [0.2, 0.25) is 0 Å². The van der Waals surface area contributed by atoms with Crippen molar-refractivity contribution in [2.75, 3.05) is 0 Å². The molecule has 7 heavy (non-hydrogen) atoms. The predicted molar refractivity (Wildman–Crippen MR) is 0 cm³/mol. The smallest absolute Gasteiger partial charge is 1.00 e. The van der Waals surface area contributed by atoms with Gasteiger partial charge in [-0.05, 0) is 0 Å². The Morgan fingerprint density at radius 3 is 0.429 bits per heavy atom. The first-order valence-corrected chi connectivity index (χ1v) is 0. The number of rotatable bonds is 0. The molecular weight excluding hydrogens is 382 g/mol. The van der Waals surface area contributed by atoms with Gasteiger partial charge in [0.05, 0.1) is 0 Å². The van der Waals surface area contributed by atoms with Gasteiger partial charge in [-0.25, -0.2) is 0 Å². The van der Waals surface area contributed by atoms with E-state index in [1.807, 2.05) is 0 Å². The van der Waals surface area contributed by atoms with Crippen molar-refractivity contribution in [3.8, 4) is 0 Å². The molecular formula is Br3Cr2F2-. The van der Waals surface area contributed by atoms with Crippen LogP contribution in [0, 0.1) is 0 Å². The molecule has 0 bridgehead atoms. The van der Waals surface area contributed by atoms with E-state index in [2.05, 4.69) is 0 Å². The second kappa shape index (κ2) is 81.1. The molecule has 7 heteroatoms. The maximum absolute atomic E-state index is 0. The second-order valence-corrected chi connectivity index (χ2v) is 0. The molecule has 0 aromatic carbocycles. The summed E-state index contributed by atoms with van der Waals surface area (Å²) in [5.74, 6) is 0. The van der Waals surface area contributed by atoms with Crippen LogP contribution in [0.1, 0.15) is 0 Å². The largest absolute Gasteiger partial charge is 2.00 e. The van der Waals surface area contributed by atoms with E-state index in [4.69, 9.17) is 0 Å². The fourth-order valence-corrected chi connectivity index (χ4v) is 0. The van der Waals surface area contributed by atoms with Gasteiger partial charge in [0.2, 0.25) is 0 Å². The summed E-state index contributed by atoms with van der Waals surface area (Å²) in [5.41, 5.74) is 0. The minimum Gasteiger partial charge on any atom is -1.00 e. The van der Waals surface area contributed by atoms with Gasteiger partial charge in [-0.1, -0.05) is 0 Å². The van der Waals surface area contributed by atoms with Gasteiger partial charge in [-0.2, -0.15) is 0 Å². The van der Waals surface area contributed by atoms with E-state index in [1.165, 1.54) is 0 Å². The zero-order valence-electron chi connectivity index (χ0n) is 2.71. The number of hydrogen-bond acceptors (Lipinski definition) is 0. The molecule has 0 radical (unpaired) electrons. The molecule has 48 valence electrons. The van der Waals surface area contributed by atoms with Gasteiger partial charge >= 0.3 is 34.7 Å². The fraction of sp³-hybridized carbons (Fsp3) is 0. The van der Waals surface area contributed by atoms with E-state index in [0.29, 0.717) is 0 Å². The summed E-state index contributed by atoms with van der Waals surface area (Å²) in [4.78, 5) is 0. The Hall–Kier alpha value is 2.36. The summed E-state index contributed by atoms with van der Waals surface area (Å²) in [6.45, 7) is 0. The monoisotopic (exact) mass is 379 g/mol. The Balaban J connectivity index is 0. The van der Waals surface area contributed by atoms with Crippen molar-refractivity contribution in [1.29, 1.82) is 0 Å². The summed E-state index contributed by atoms with van der Waals surface area (Å²) in [7, 11) is 0. The maximum Gasteiger partial charge on any atom is 2.00 e. The third-order valence-electron chi connectivity index (χ3n) is 0. The van der Waals surface area contributed by atoms with Crippen LogP contribution >= 0.6 is 0 Å². The molecule has 0 amide bonds. The molecule has 0 spiro atoms. The van der Waals surface area contributed by atoms with Gasteiger partial charge in [0.15, 0.2) is 0 Å². The summed E-state index contributed by atoms with van der Waals surface area (Å²) in [5, 5.41) is 0. The Bertz CT molecular complexity index is 10.9. The van der Waals surface area contributed by atoms with E-state index < -0.39 is 0 Å². The minimum atomic E-state index is 0. The molecule has 0 aliphatic carbocycles. The van der Waals surface area contributed by atoms with Crippen molar-refractivity contribution < 1.29 is 95.1 Å². The first kappa shape index (κ1) is 117. The van der Waals surface area contributed by atoms with E-state index in [9.17, 15) is 0 Å². The van der Waals surface area contributed by atoms with E-state index >= 15 is 0 Å². The molecule has 0 heterocycles. The van der Waals surface area contributed by atoms with Gasteiger partial charge < -0.3 is 60.4 Å². The van der Waals surface area contributed by atoms with E-state index in [1.54, 1.807) is 0 Å². The molecule has 0 fully saturated rings. The van der Waals surface area contributed by atoms with Crippen LogP contribution in [0.5, 0.6) is 0 Å². The zero-order chi connectivity index (χ0) is 0. The second-order valence-electron chi connectivity index (χ2n) is 0. The molecule has 0 unspecified atom stereocenters. The Morgan fingerprint density at radius 2 is 0.429 bits per heavy atom. The topological polar surface area (TPSA) is 0 Å². The molecule has 0 aromatic rings. The van der Waals surface area contributed by atoms with Gasteiger partial charge in [-0.3, -0.25) is 0 Å². The molecule has 0 aliphatic heterocycles. The van der Waals surface area contributed by atoms with Gasteiger partial charge in [0, 0.05) is 0 Å². The van der Waals surface area contributed by atoms with Crippen molar-refractivity contribution in [3.05, 3.63) is 0 Å². The fourth-order valence-electron chi connectivity index (χ4n) is 0. The average molecular weight is 382 g/mol. The Labute approximate surface area is 94.1 Å².